The topological polar surface area (TPSA) is 65.5 Å². The first-order valence-corrected chi connectivity index (χ1v) is 4.34. The molecule has 0 aliphatic carbocycles. The summed E-state index contributed by atoms with van der Waals surface area (Å²) in [4.78, 5) is 11.0. The number of esters is 1. The average Bonchev–Trinajstić information content (AvgIpc) is 2.62. The number of hydrogen-bond acceptors (Lipinski definition) is 4. The molecule has 0 radical (unpaired) electrons. The Labute approximate surface area is 89.2 Å². The summed E-state index contributed by atoms with van der Waals surface area (Å²) in [5, 5.41) is 0. The number of carbonyl (C=O) groups is 1. The van der Waals surface area contributed by atoms with E-state index < -0.39 is 24.6 Å². The van der Waals surface area contributed by atoms with E-state index in [1.54, 1.807) is 0 Å². The molecule has 0 aliphatic rings. The Morgan fingerprint density at radius 1 is 1.56 bits per heavy atom. The van der Waals surface area contributed by atoms with Crippen molar-refractivity contribution in [3.05, 3.63) is 23.7 Å². The third kappa shape index (κ3) is 3.27. The number of hydrogen-bond donors (Lipinski definition) is 1. The van der Waals surface area contributed by atoms with E-state index in [0.717, 1.165) is 7.11 Å². The van der Waals surface area contributed by atoms with Gasteiger partial charge in [0.1, 0.15) is 5.76 Å². The van der Waals surface area contributed by atoms with E-state index >= 15 is 0 Å². The highest BCUT2D eigenvalue weighted by atomic mass is 19.4. The maximum Gasteiger partial charge on any atom is 0.391 e. The van der Waals surface area contributed by atoms with Crippen molar-refractivity contribution >= 4 is 5.97 Å². The molecule has 2 N–H and O–H groups in total. The van der Waals surface area contributed by atoms with Gasteiger partial charge < -0.3 is 14.9 Å². The van der Waals surface area contributed by atoms with Gasteiger partial charge in [0.05, 0.1) is 19.6 Å². The molecule has 1 heterocycles. The van der Waals surface area contributed by atoms with Gasteiger partial charge in [-0.1, -0.05) is 0 Å². The number of alkyl halides is 3. The molecule has 0 aromatic carbocycles. The van der Waals surface area contributed by atoms with Gasteiger partial charge in [-0.05, 0) is 12.1 Å². The van der Waals surface area contributed by atoms with E-state index in [0.29, 0.717) is 0 Å². The maximum absolute atomic E-state index is 12.0. The van der Waals surface area contributed by atoms with Crippen LogP contribution in [-0.2, 0) is 4.74 Å². The maximum atomic E-state index is 12.0. The van der Waals surface area contributed by atoms with Gasteiger partial charge in [0.25, 0.3) is 0 Å². The quantitative estimate of drug-likeness (QED) is 0.817. The Kier molecular flexibility index (Phi) is 3.58. The van der Waals surface area contributed by atoms with Gasteiger partial charge in [-0.2, -0.15) is 13.2 Å². The molecule has 0 amide bonds. The van der Waals surface area contributed by atoms with Gasteiger partial charge in [0.2, 0.25) is 5.76 Å². The fraction of sp³-hybridized carbons (Fsp3) is 0.444. The van der Waals surface area contributed by atoms with Crippen LogP contribution in [-0.4, -0.2) is 19.3 Å². The average molecular weight is 237 g/mol. The van der Waals surface area contributed by atoms with Gasteiger partial charge in [-0.3, -0.25) is 0 Å². The zero-order chi connectivity index (χ0) is 12.3. The van der Waals surface area contributed by atoms with Crippen LogP contribution in [0.1, 0.15) is 28.8 Å². The van der Waals surface area contributed by atoms with Crippen LogP contribution >= 0.6 is 0 Å². The highest BCUT2D eigenvalue weighted by molar-refractivity contribution is 5.86. The summed E-state index contributed by atoms with van der Waals surface area (Å²) in [5.74, 6) is -1.03. The van der Waals surface area contributed by atoms with E-state index in [-0.39, 0.29) is 11.5 Å². The van der Waals surface area contributed by atoms with E-state index in [9.17, 15) is 18.0 Å². The molecule has 7 heteroatoms. The second-order valence-electron chi connectivity index (χ2n) is 3.12. The molecule has 0 saturated heterocycles. The van der Waals surface area contributed by atoms with Crippen LogP contribution < -0.4 is 5.73 Å². The fourth-order valence-electron chi connectivity index (χ4n) is 1.11. The fourth-order valence-corrected chi connectivity index (χ4v) is 1.11. The summed E-state index contributed by atoms with van der Waals surface area (Å²) in [6, 6.07) is 1.12. The molecular formula is C9H10F3NO3. The molecule has 0 bridgehead atoms. The van der Waals surface area contributed by atoms with Crippen LogP contribution in [0.15, 0.2) is 16.5 Å². The zero-order valence-electron chi connectivity index (χ0n) is 8.38. The monoisotopic (exact) mass is 237 g/mol. The zero-order valence-corrected chi connectivity index (χ0v) is 8.38. The summed E-state index contributed by atoms with van der Waals surface area (Å²) in [5.41, 5.74) is 5.27. The molecule has 1 aromatic rings. The highest BCUT2D eigenvalue weighted by Crippen LogP contribution is 2.28. The van der Waals surface area contributed by atoms with Crippen LogP contribution in [0, 0.1) is 0 Å². The van der Waals surface area contributed by atoms with Crippen molar-refractivity contribution in [2.75, 3.05) is 7.11 Å². The first-order chi connectivity index (χ1) is 7.33. The number of nitrogens with two attached hydrogens (primary N) is 1. The van der Waals surface area contributed by atoms with Crippen LogP contribution in [0.5, 0.6) is 0 Å². The molecular weight excluding hydrogens is 227 g/mol. The normalized spacial score (nSPS) is 13.6. The first kappa shape index (κ1) is 12.6. The molecule has 0 saturated carbocycles. The number of furan rings is 1. The molecule has 0 fully saturated rings. The lowest BCUT2D eigenvalue weighted by atomic mass is 10.2. The Hall–Kier alpha value is -1.50. The van der Waals surface area contributed by atoms with E-state index in [1.165, 1.54) is 12.1 Å². The Morgan fingerprint density at radius 2 is 2.19 bits per heavy atom. The van der Waals surface area contributed by atoms with Gasteiger partial charge >= 0.3 is 12.1 Å². The molecule has 0 aliphatic heterocycles. The van der Waals surface area contributed by atoms with Gasteiger partial charge in [-0.15, -0.1) is 0 Å². The van der Waals surface area contributed by atoms with Crippen molar-refractivity contribution in [2.45, 2.75) is 18.6 Å². The van der Waals surface area contributed by atoms with Crippen molar-refractivity contribution in [3.63, 3.8) is 0 Å². The van der Waals surface area contributed by atoms with Crippen LogP contribution in [0.4, 0.5) is 13.2 Å². The minimum Gasteiger partial charge on any atom is -0.463 e. The molecule has 90 valence electrons. The predicted molar refractivity (Wildman–Crippen MR) is 47.6 cm³/mol. The van der Waals surface area contributed by atoms with E-state index in [1.807, 2.05) is 0 Å². The van der Waals surface area contributed by atoms with Crippen LogP contribution in [0.2, 0.25) is 0 Å². The molecule has 1 aromatic heterocycles. The van der Waals surface area contributed by atoms with Crippen LogP contribution in [0.25, 0.3) is 0 Å². The number of ether oxygens (including phenoxy) is 1. The van der Waals surface area contributed by atoms with Gasteiger partial charge in [0, 0.05) is 0 Å². The predicted octanol–water partition coefficient (Wildman–Crippen LogP) is 2.02. The Morgan fingerprint density at radius 3 is 2.69 bits per heavy atom. The van der Waals surface area contributed by atoms with Crippen molar-refractivity contribution in [1.82, 2.24) is 0 Å². The van der Waals surface area contributed by atoms with Crippen LogP contribution in [0.3, 0.4) is 0 Å². The molecule has 1 unspecified atom stereocenters. The van der Waals surface area contributed by atoms with Crippen molar-refractivity contribution in [1.29, 1.82) is 0 Å². The van der Waals surface area contributed by atoms with E-state index in [2.05, 4.69) is 4.74 Å². The first-order valence-electron chi connectivity index (χ1n) is 4.34. The number of rotatable bonds is 3. The molecule has 1 atom stereocenters. The SMILES string of the molecule is COC(=O)c1ccc(C(N)CC(F)(F)F)o1. The molecule has 0 spiro atoms. The summed E-state index contributed by atoms with van der Waals surface area (Å²) < 4.78 is 45.2. The largest absolute Gasteiger partial charge is 0.463 e. The number of methoxy groups -OCH3 is 1. The van der Waals surface area contributed by atoms with Crippen molar-refractivity contribution in [2.24, 2.45) is 5.73 Å². The van der Waals surface area contributed by atoms with Crippen molar-refractivity contribution < 1.29 is 27.1 Å². The second kappa shape index (κ2) is 4.56. The Balaban J connectivity index is 2.74. The molecule has 1 rings (SSSR count). The van der Waals surface area contributed by atoms with Crippen molar-refractivity contribution in [3.8, 4) is 0 Å². The Bertz CT molecular complexity index is 372. The summed E-state index contributed by atoms with van der Waals surface area (Å²) in [6.45, 7) is 0. The smallest absolute Gasteiger partial charge is 0.391 e. The summed E-state index contributed by atoms with van der Waals surface area (Å²) in [7, 11) is 1.14. The number of carbonyl (C=O) groups excluding carboxylic acids is 1. The standard InChI is InChI=1S/C9H10F3NO3/c1-15-8(14)7-3-2-6(16-7)5(13)4-9(10,11)12/h2-3,5H,4,13H2,1H3. The third-order valence-corrected chi connectivity index (χ3v) is 1.83. The van der Waals surface area contributed by atoms with Gasteiger partial charge in [0.15, 0.2) is 0 Å². The third-order valence-electron chi connectivity index (χ3n) is 1.83. The lowest BCUT2D eigenvalue weighted by Crippen LogP contribution is -2.19. The lowest BCUT2D eigenvalue weighted by Gasteiger charge is -2.11. The minimum absolute atomic E-state index is 0.0993. The summed E-state index contributed by atoms with van der Waals surface area (Å²) in [6.07, 6.45) is -5.58. The molecule has 4 nitrogen and oxygen atoms in total. The second-order valence-corrected chi connectivity index (χ2v) is 3.12. The van der Waals surface area contributed by atoms with Gasteiger partial charge in [-0.25, -0.2) is 4.79 Å². The summed E-state index contributed by atoms with van der Waals surface area (Å²) >= 11 is 0. The van der Waals surface area contributed by atoms with E-state index in [4.69, 9.17) is 10.2 Å². The minimum atomic E-state index is -4.38. The number of halogens is 3. The molecule has 16 heavy (non-hydrogen) atoms. The lowest BCUT2D eigenvalue weighted by molar-refractivity contribution is -0.139. The highest BCUT2D eigenvalue weighted by Gasteiger charge is 2.32.